The smallest absolute Gasteiger partial charge is 0.00913 e. The van der Waals surface area contributed by atoms with E-state index in [4.69, 9.17) is 0 Å². The monoisotopic (exact) mass is 197 g/mol. The third-order valence-electron chi connectivity index (χ3n) is 3.49. The van der Waals surface area contributed by atoms with E-state index < -0.39 is 0 Å². The van der Waals surface area contributed by atoms with Gasteiger partial charge in [-0.2, -0.15) is 0 Å². The normalized spacial score (nSPS) is 26.6. The lowest BCUT2D eigenvalue weighted by molar-refractivity contribution is 0.314. The second kappa shape index (κ2) is 5.69. The van der Waals surface area contributed by atoms with Crippen LogP contribution in [0.4, 0.5) is 0 Å². The van der Waals surface area contributed by atoms with Crippen LogP contribution in [0.5, 0.6) is 0 Å². The second-order valence-electron chi connectivity index (χ2n) is 4.63. The Labute approximate surface area is 87.0 Å². The maximum Gasteiger partial charge on any atom is 0.00913 e. The van der Waals surface area contributed by atoms with Crippen molar-refractivity contribution in [2.24, 2.45) is 5.92 Å². The first-order valence-corrected chi connectivity index (χ1v) is 6.10. The number of nitrogens with one attached hydrogen (secondary N) is 3. The van der Waals surface area contributed by atoms with E-state index >= 15 is 0 Å². The summed E-state index contributed by atoms with van der Waals surface area (Å²) in [5.74, 6) is 0.922. The zero-order valence-corrected chi connectivity index (χ0v) is 9.02. The first-order chi connectivity index (χ1) is 6.95. The maximum absolute atomic E-state index is 3.72. The number of hydrogen-bond donors (Lipinski definition) is 3. The quantitative estimate of drug-likeness (QED) is 0.610. The lowest BCUT2D eigenvalue weighted by atomic mass is 9.97. The van der Waals surface area contributed by atoms with E-state index in [-0.39, 0.29) is 0 Å². The Morgan fingerprint density at radius 3 is 2.07 bits per heavy atom. The fourth-order valence-electron chi connectivity index (χ4n) is 2.45. The number of piperidine rings is 2. The van der Waals surface area contributed by atoms with Gasteiger partial charge in [0.15, 0.2) is 0 Å². The molecular formula is C11H23N3. The van der Waals surface area contributed by atoms with Crippen molar-refractivity contribution in [3.8, 4) is 0 Å². The Morgan fingerprint density at radius 2 is 1.43 bits per heavy atom. The van der Waals surface area contributed by atoms with E-state index in [1.54, 1.807) is 0 Å². The van der Waals surface area contributed by atoms with E-state index in [1.165, 1.54) is 58.4 Å². The Balaban J connectivity index is 1.60. The van der Waals surface area contributed by atoms with Crippen LogP contribution in [0.2, 0.25) is 0 Å². The van der Waals surface area contributed by atoms with Gasteiger partial charge in [0.25, 0.3) is 0 Å². The van der Waals surface area contributed by atoms with Gasteiger partial charge in [0, 0.05) is 6.04 Å². The van der Waals surface area contributed by atoms with E-state index in [0.717, 1.165) is 12.0 Å². The maximum atomic E-state index is 3.72. The fraction of sp³-hybridized carbons (Fsp3) is 1.00. The van der Waals surface area contributed by atoms with Gasteiger partial charge in [-0.1, -0.05) is 0 Å². The molecule has 0 saturated carbocycles. The van der Waals surface area contributed by atoms with Crippen molar-refractivity contribution in [2.75, 3.05) is 32.7 Å². The Morgan fingerprint density at radius 1 is 0.857 bits per heavy atom. The average Bonchev–Trinajstić information content (AvgIpc) is 2.29. The van der Waals surface area contributed by atoms with Gasteiger partial charge in [0.2, 0.25) is 0 Å². The van der Waals surface area contributed by atoms with E-state index in [1.807, 2.05) is 0 Å². The minimum atomic E-state index is 0.783. The summed E-state index contributed by atoms with van der Waals surface area (Å²) in [5, 5.41) is 10.5. The van der Waals surface area contributed by atoms with Crippen molar-refractivity contribution in [3.05, 3.63) is 0 Å². The van der Waals surface area contributed by atoms with Crippen LogP contribution in [0, 0.1) is 5.92 Å². The molecular weight excluding hydrogens is 174 g/mol. The summed E-state index contributed by atoms with van der Waals surface area (Å²) < 4.78 is 0. The summed E-state index contributed by atoms with van der Waals surface area (Å²) in [4.78, 5) is 0. The van der Waals surface area contributed by atoms with Crippen LogP contribution in [0.1, 0.15) is 25.7 Å². The highest BCUT2D eigenvalue weighted by molar-refractivity contribution is 4.77. The fourth-order valence-corrected chi connectivity index (χ4v) is 2.45. The SMILES string of the molecule is C1CC(CNC2CCNCC2)CCN1. The zero-order chi connectivity index (χ0) is 9.64. The van der Waals surface area contributed by atoms with Gasteiger partial charge in [0.1, 0.15) is 0 Å². The highest BCUT2D eigenvalue weighted by Crippen LogP contribution is 2.11. The summed E-state index contributed by atoms with van der Waals surface area (Å²) in [6.07, 6.45) is 5.34. The minimum absolute atomic E-state index is 0.783. The number of hydrogen-bond acceptors (Lipinski definition) is 3. The molecule has 2 aliphatic rings. The molecule has 3 nitrogen and oxygen atoms in total. The molecule has 0 unspecified atom stereocenters. The molecule has 0 radical (unpaired) electrons. The summed E-state index contributed by atoms with van der Waals surface area (Å²) in [6, 6.07) is 0.783. The van der Waals surface area contributed by atoms with Crippen LogP contribution in [-0.2, 0) is 0 Å². The van der Waals surface area contributed by atoms with Crippen LogP contribution in [0.15, 0.2) is 0 Å². The highest BCUT2D eigenvalue weighted by atomic mass is 15.0. The van der Waals surface area contributed by atoms with Crippen LogP contribution < -0.4 is 16.0 Å². The van der Waals surface area contributed by atoms with Crippen molar-refractivity contribution < 1.29 is 0 Å². The molecule has 3 heteroatoms. The van der Waals surface area contributed by atoms with Crippen LogP contribution >= 0.6 is 0 Å². The van der Waals surface area contributed by atoms with Crippen molar-refractivity contribution in [2.45, 2.75) is 31.7 Å². The number of rotatable bonds is 3. The summed E-state index contributed by atoms with van der Waals surface area (Å²) in [6.45, 7) is 6.08. The van der Waals surface area contributed by atoms with Gasteiger partial charge in [-0.3, -0.25) is 0 Å². The lowest BCUT2D eigenvalue weighted by Crippen LogP contribution is -2.43. The Hall–Kier alpha value is -0.120. The molecule has 0 atom stereocenters. The van der Waals surface area contributed by atoms with Crippen LogP contribution in [0.25, 0.3) is 0 Å². The van der Waals surface area contributed by atoms with Gasteiger partial charge >= 0.3 is 0 Å². The molecule has 2 heterocycles. The van der Waals surface area contributed by atoms with Gasteiger partial charge in [-0.15, -0.1) is 0 Å². The molecule has 2 rings (SSSR count). The molecule has 2 saturated heterocycles. The van der Waals surface area contributed by atoms with Crippen molar-refractivity contribution in [1.29, 1.82) is 0 Å². The first-order valence-electron chi connectivity index (χ1n) is 6.10. The molecule has 2 fully saturated rings. The third-order valence-corrected chi connectivity index (χ3v) is 3.49. The van der Waals surface area contributed by atoms with Gasteiger partial charge in [0.05, 0.1) is 0 Å². The van der Waals surface area contributed by atoms with Crippen LogP contribution in [0.3, 0.4) is 0 Å². The molecule has 0 aromatic rings. The average molecular weight is 197 g/mol. The molecule has 3 N–H and O–H groups in total. The molecule has 0 aliphatic carbocycles. The highest BCUT2D eigenvalue weighted by Gasteiger charge is 2.16. The topological polar surface area (TPSA) is 36.1 Å². The predicted octanol–water partition coefficient (Wildman–Crippen LogP) is 0.328. The van der Waals surface area contributed by atoms with Crippen molar-refractivity contribution in [1.82, 2.24) is 16.0 Å². The van der Waals surface area contributed by atoms with Gasteiger partial charge < -0.3 is 16.0 Å². The first kappa shape index (κ1) is 10.4. The van der Waals surface area contributed by atoms with E-state index in [9.17, 15) is 0 Å². The molecule has 0 aromatic carbocycles. The summed E-state index contributed by atoms with van der Waals surface area (Å²) in [5.41, 5.74) is 0. The molecule has 0 bridgehead atoms. The van der Waals surface area contributed by atoms with Crippen LogP contribution in [-0.4, -0.2) is 38.8 Å². The molecule has 0 aromatic heterocycles. The minimum Gasteiger partial charge on any atom is -0.317 e. The largest absolute Gasteiger partial charge is 0.317 e. The predicted molar refractivity (Wildman–Crippen MR) is 59.5 cm³/mol. The van der Waals surface area contributed by atoms with E-state index in [0.29, 0.717) is 0 Å². The molecule has 0 amide bonds. The Kier molecular flexibility index (Phi) is 4.22. The van der Waals surface area contributed by atoms with Gasteiger partial charge in [-0.05, 0) is 64.3 Å². The molecule has 82 valence electrons. The third kappa shape index (κ3) is 3.23. The van der Waals surface area contributed by atoms with E-state index in [2.05, 4.69) is 16.0 Å². The lowest BCUT2D eigenvalue weighted by Gasteiger charge is -2.28. The molecule has 14 heavy (non-hydrogen) atoms. The summed E-state index contributed by atoms with van der Waals surface area (Å²) >= 11 is 0. The molecule has 0 spiro atoms. The second-order valence-corrected chi connectivity index (χ2v) is 4.63. The van der Waals surface area contributed by atoms with Gasteiger partial charge in [-0.25, -0.2) is 0 Å². The Bertz CT molecular complexity index is 131. The molecule has 2 aliphatic heterocycles. The zero-order valence-electron chi connectivity index (χ0n) is 9.02. The summed E-state index contributed by atoms with van der Waals surface area (Å²) in [7, 11) is 0. The van der Waals surface area contributed by atoms with Crippen molar-refractivity contribution in [3.63, 3.8) is 0 Å². The van der Waals surface area contributed by atoms with Crippen molar-refractivity contribution >= 4 is 0 Å². The standard InChI is InChI=1S/C11H23N3/c1-5-12-6-2-10(1)9-14-11-3-7-13-8-4-11/h10-14H,1-9H2.